The molecule has 2 rings (SSSR count). The van der Waals surface area contributed by atoms with E-state index in [0.29, 0.717) is 5.92 Å². The molecule has 1 atom stereocenters. The third-order valence-electron chi connectivity index (χ3n) is 3.13. The van der Waals surface area contributed by atoms with Crippen molar-refractivity contribution in [1.82, 2.24) is 0 Å². The fourth-order valence-electron chi connectivity index (χ4n) is 1.92. The summed E-state index contributed by atoms with van der Waals surface area (Å²) < 4.78 is 1.09. The largest absolute Gasteiger partial charge is 0.118 e. The van der Waals surface area contributed by atoms with E-state index in [-0.39, 0.29) is 0 Å². The van der Waals surface area contributed by atoms with Crippen LogP contribution in [0.3, 0.4) is 0 Å². The molecule has 0 heterocycles. The second-order valence-electron chi connectivity index (χ2n) is 4.54. The van der Waals surface area contributed by atoms with E-state index >= 15 is 0 Å². The van der Waals surface area contributed by atoms with Crippen molar-refractivity contribution >= 4 is 28.2 Å². The standard InChI is InChI=1S/C17H18S2/c1-14(16-10-6-3-7-11-16)17(18)19-13-12-15-8-4-2-5-9-15/h2-11,14H,12-13H2,1H3. The molecule has 2 aromatic rings. The van der Waals surface area contributed by atoms with Gasteiger partial charge < -0.3 is 0 Å². The number of aryl methyl sites for hydroxylation is 1. The molecule has 0 aliphatic heterocycles. The van der Waals surface area contributed by atoms with Crippen LogP contribution in [0.2, 0.25) is 0 Å². The molecule has 1 unspecified atom stereocenters. The van der Waals surface area contributed by atoms with Crippen molar-refractivity contribution in [2.45, 2.75) is 19.3 Å². The maximum Gasteiger partial charge on any atom is 0.0550 e. The summed E-state index contributed by atoms with van der Waals surface area (Å²) in [6, 6.07) is 21.1. The summed E-state index contributed by atoms with van der Waals surface area (Å²) in [6.07, 6.45) is 1.08. The van der Waals surface area contributed by atoms with Gasteiger partial charge in [-0.15, -0.1) is 11.8 Å². The van der Waals surface area contributed by atoms with Crippen molar-refractivity contribution in [3.05, 3.63) is 71.8 Å². The first-order valence-corrected chi connectivity index (χ1v) is 7.92. The second-order valence-corrected chi connectivity index (χ2v) is 6.37. The third kappa shape index (κ3) is 4.48. The normalized spacial score (nSPS) is 12.1. The molecule has 2 heteroatoms. The molecular formula is C17H18S2. The summed E-state index contributed by atoms with van der Waals surface area (Å²) in [7, 11) is 0. The second kappa shape index (κ2) is 7.46. The summed E-state index contributed by atoms with van der Waals surface area (Å²) in [6.45, 7) is 2.19. The van der Waals surface area contributed by atoms with Gasteiger partial charge in [0.05, 0.1) is 4.20 Å². The van der Waals surface area contributed by atoms with Crippen LogP contribution in [0.5, 0.6) is 0 Å². The minimum atomic E-state index is 0.344. The topological polar surface area (TPSA) is 0 Å². The van der Waals surface area contributed by atoms with Crippen LogP contribution in [0.4, 0.5) is 0 Å². The third-order valence-corrected chi connectivity index (χ3v) is 4.88. The highest BCUT2D eigenvalue weighted by Gasteiger charge is 2.11. The zero-order valence-corrected chi connectivity index (χ0v) is 12.7. The monoisotopic (exact) mass is 286 g/mol. The van der Waals surface area contributed by atoms with Gasteiger partial charge >= 0.3 is 0 Å². The first-order chi connectivity index (χ1) is 9.27. The lowest BCUT2D eigenvalue weighted by atomic mass is 10.0. The number of thiocarbonyl (C=S) groups is 1. The fourth-order valence-corrected chi connectivity index (χ4v) is 3.23. The molecule has 0 spiro atoms. The highest BCUT2D eigenvalue weighted by atomic mass is 32.2. The van der Waals surface area contributed by atoms with Crippen LogP contribution in [0.25, 0.3) is 0 Å². The SMILES string of the molecule is CC(C(=S)SCCc1ccccc1)c1ccccc1. The molecule has 0 saturated heterocycles. The van der Waals surface area contributed by atoms with E-state index in [1.165, 1.54) is 11.1 Å². The van der Waals surface area contributed by atoms with Crippen molar-refractivity contribution in [2.75, 3.05) is 5.75 Å². The molecule has 0 aliphatic rings. The number of hydrogen-bond donors (Lipinski definition) is 0. The maximum atomic E-state index is 5.54. The van der Waals surface area contributed by atoms with E-state index in [4.69, 9.17) is 12.2 Å². The number of rotatable bonds is 5. The Kier molecular flexibility index (Phi) is 5.62. The lowest BCUT2D eigenvalue weighted by Crippen LogP contribution is -2.04. The van der Waals surface area contributed by atoms with E-state index < -0.39 is 0 Å². The van der Waals surface area contributed by atoms with Gasteiger partial charge in [0.1, 0.15) is 0 Å². The Labute approximate surface area is 125 Å². The molecule has 0 aromatic heterocycles. The summed E-state index contributed by atoms with van der Waals surface area (Å²) in [4.78, 5) is 0. The Bertz CT molecular complexity index is 505. The van der Waals surface area contributed by atoms with Gasteiger partial charge in [-0.1, -0.05) is 79.8 Å². The quantitative estimate of drug-likeness (QED) is 0.702. The fraction of sp³-hybridized carbons (Fsp3) is 0.235. The predicted molar refractivity (Wildman–Crippen MR) is 90.1 cm³/mol. The molecule has 0 bridgehead atoms. The zero-order valence-electron chi connectivity index (χ0n) is 11.1. The average Bonchev–Trinajstić information content (AvgIpc) is 2.48. The molecule has 0 fully saturated rings. The van der Waals surface area contributed by atoms with Crippen LogP contribution in [0, 0.1) is 0 Å². The van der Waals surface area contributed by atoms with E-state index in [1.807, 2.05) is 6.07 Å². The Balaban J connectivity index is 1.82. The van der Waals surface area contributed by atoms with Crippen LogP contribution in [-0.2, 0) is 6.42 Å². The van der Waals surface area contributed by atoms with Crippen LogP contribution in [-0.4, -0.2) is 9.95 Å². The molecule has 0 nitrogen and oxygen atoms in total. The van der Waals surface area contributed by atoms with Gasteiger partial charge in [0.25, 0.3) is 0 Å². The van der Waals surface area contributed by atoms with Gasteiger partial charge in [-0.2, -0.15) is 0 Å². The smallest absolute Gasteiger partial charge is 0.0550 e. The van der Waals surface area contributed by atoms with E-state index in [2.05, 4.69) is 61.5 Å². The van der Waals surface area contributed by atoms with E-state index in [0.717, 1.165) is 16.4 Å². The average molecular weight is 286 g/mol. The van der Waals surface area contributed by atoms with Gasteiger partial charge in [-0.3, -0.25) is 0 Å². The van der Waals surface area contributed by atoms with Crippen LogP contribution >= 0.6 is 24.0 Å². The highest BCUT2D eigenvalue weighted by Crippen LogP contribution is 2.24. The van der Waals surface area contributed by atoms with Gasteiger partial charge in [-0.05, 0) is 17.5 Å². The molecule has 0 radical (unpaired) electrons. The highest BCUT2D eigenvalue weighted by molar-refractivity contribution is 8.23. The molecule has 0 saturated carbocycles. The Hall–Kier alpha value is -1.12. The summed E-state index contributed by atoms with van der Waals surface area (Å²) in [5.74, 6) is 1.40. The van der Waals surface area contributed by atoms with Gasteiger partial charge in [0, 0.05) is 11.7 Å². The van der Waals surface area contributed by atoms with Gasteiger partial charge in [-0.25, -0.2) is 0 Å². The minimum absolute atomic E-state index is 0.344. The van der Waals surface area contributed by atoms with Gasteiger partial charge in [0.2, 0.25) is 0 Å². The van der Waals surface area contributed by atoms with Crippen molar-refractivity contribution in [3.63, 3.8) is 0 Å². The lowest BCUT2D eigenvalue weighted by Gasteiger charge is -2.12. The lowest BCUT2D eigenvalue weighted by molar-refractivity contribution is 1.05. The van der Waals surface area contributed by atoms with Crippen LogP contribution < -0.4 is 0 Å². The molecule has 19 heavy (non-hydrogen) atoms. The Morgan fingerprint density at radius 1 is 1.00 bits per heavy atom. The Morgan fingerprint density at radius 3 is 2.21 bits per heavy atom. The Morgan fingerprint density at radius 2 is 1.58 bits per heavy atom. The first-order valence-electron chi connectivity index (χ1n) is 6.53. The maximum absolute atomic E-state index is 5.54. The summed E-state index contributed by atoms with van der Waals surface area (Å²) in [5, 5.41) is 0. The molecule has 0 aliphatic carbocycles. The number of hydrogen-bond acceptors (Lipinski definition) is 2. The number of benzene rings is 2. The van der Waals surface area contributed by atoms with Gasteiger partial charge in [0.15, 0.2) is 0 Å². The van der Waals surface area contributed by atoms with Crippen LogP contribution in [0.15, 0.2) is 60.7 Å². The minimum Gasteiger partial charge on any atom is -0.118 e. The predicted octanol–water partition coefficient (Wildman–Crippen LogP) is 5.09. The van der Waals surface area contributed by atoms with Crippen LogP contribution in [0.1, 0.15) is 24.0 Å². The zero-order chi connectivity index (χ0) is 13.5. The number of thioether (sulfide) groups is 1. The van der Waals surface area contributed by atoms with Crippen molar-refractivity contribution in [2.24, 2.45) is 0 Å². The van der Waals surface area contributed by atoms with E-state index in [1.54, 1.807) is 11.8 Å². The van der Waals surface area contributed by atoms with Crippen molar-refractivity contribution < 1.29 is 0 Å². The molecular weight excluding hydrogens is 268 g/mol. The molecule has 0 N–H and O–H groups in total. The molecule has 0 amide bonds. The van der Waals surface area contributed by atoms with Crippen molar-refractivity contribution in [1.29, 1.82) is 0 Å². The van der Waals surface area contributed by atoms with E-state index in [9.17, 15) is 0 Å². The molecule has 2 aromatic carbocycles. The summed E-state index contributed by atoms with van der Waals surface area (Å²) >= 11 is 7.34. The van der Waals surface area contributed by atoms with Crippen molar-refractivity contribution in [3.8, 4) is 0 Å². The summed E-state index contributed by atoms with van der Waals surface area (Å²) in [5.41, 5.74) is 2.69. The first kappa shape index (κ1) is 14.3. The molecule has 98 valence electrons.